The maximum atomic E-state index is 12.3. The van der Waals surface area contributed by atoms with E-state index in [1.807, 2.05) is 0 Å². The van der Waals surface area contributed by atoms with Gasteiger partial charge in [-0.15, -0.1) is 0 Å². The normalized spacial score (nSPS) is 27.5. The lowest BCUT2D eigenvalue weighted by molar-refractivity contribution is -0.178. The standard InChI is InChI=1S/C11H16F3NO2/c1-16-9-3-2-4-10(5-9)17-7-8(6-15)11(12,13)14/h8-10H,2-5,7H2,1H3. The smallest absolute Gasteiger partial charge is 0.381 e. The molecule has 0 amide bonds. The molecule has 1 saturated carbocycles. The summed E-state index contributed by atoms with van der Waals surface area (Å²) in [4.78, 5) is 0. The van der Waals surface area contributed by atoms with Gasteiger partial charge in [0, 0.05) is 7.11 Å². The highest BCUT2D eigenvalue weighted by Gasteiger charge is 2.40. The summed E-state index contributed by atoms with van der Waals surface area (Å²) in [5, 5.41) is 8.41. The van der Waals surface area contributed by atoms with Crippen molar-refractivity contribution in [3.8, 4) is 6.07 Å². The van der Waals surface area contributed by atoms with E-state index in [9.17, 15) is 13.2 Å². The van der Waals surface area contributed by atoms with E-state index in [-0.39, 0.29) is 12.2 Å². The van der Waals surface area contributed by atoms with Crippen LogP contribution in [-0.4, -0.2) is 32.1 Å². The van der Waals surface area contributed by atoms with Crippen molar-refractivity contribution >= 4 is 0 Å². The van der Waals surface area contributed by atoms with E-state index in [1.54, 1.807) is 7.11 Å². The minimum absolute atomic E-state index is 0.0557. The van der Waals surface area contributed by atoms with Crippen molar-refractivity contribution in [1.29, 1.82) is 5.26 Å². The van der Waals surface area contributed by atoms with Crippen LogP contribution in [0.3, 0.4) is 0 Å². The van der Waals surface area contributed by atoms with E-state index in [1.165, 1.54) is 6.07 Å². The molecule has 0 saturated heterocycles. The van der Waals surface area contributed by atoms with Gasteiger partial charge in [0.2, 0.25) is 0 Å². The number of methoxy groups -OCH3 is 1. The highest BCUT2D eigenvalue weighted by molar-refractivity contribution is 4.88. The molecule has 3 atom stereocenters. The Morgan fingerprint density at radius 2 is 2.00 bits per heavy atom. The molecule has 0 aromatic heterocycles. The molecule has 0 radical (unpaired) electrons. The lowest BCUT2D eigenvalue weighted by Gasteiger charge is -2.29. The first kappa shape index (κ1) is 14.3. The Kier molecular flexibility index (Phi) is 5.22. The molecule has 0 aromatic rings. The number of rotatable bonds is 4. The fourth-order valence-corrected chi connectivity index (χ4v) is 1.90. The number of nitrogens with zero attached hydrogens (tertiary/aromatic N) is 1. The summed E-state index contributed by atoms with van der Waals surface area (Å²) in [6.45, 7) is -0.582. The van der Waals surface area contributed by atoms with Crippen LogP contribution in [0, 0.1) is 17.2 Å². The third kappa shape index (κ3) is 4.52. The number of nitriles is 1. The first-order valence-electron chi connectivity index (χ1n) is 5.58. The van der Waals surface area contributed by atoms with Gasteiger partial charge in [0.25, 0.3) is 0 Å². The van der Waals surface area contributed by atoms with Crippen LogP contribution in [0.1, 0.15) is 25.7 Å². The van der Waals surface area contributed by atoms with Gasteiger partial charge in [-0.25, -0.2) is 0 Å². The second-order valence-electron chi connectivity index (χ2n) is 4.20. The third-order valence-corrected chi connectivity index (χ3v) is 2.96. The second kappa shape index (κ2) is 6.22. The molecule has 6 heteroatoms. The Morgan fingerprint density at radius 3 is 2.53 bits per heavy atom. The van der Waals surface area contributed by atoms with Gasteiger partial charge in [-0.05, 0) is 25.7 Å². The van der Waals surface area contributed by atoms with Crippen LogP contribution in [-0.2, 0) is 9.47 Å². The first-order valence-corrected chi connectivity index (χ1v) is 5.58. The van der Waals surface area contributed by atoms with Crippen molar-refractivity contribution < 1.29 is 22.6 Å². The van der Waals surface area contributed by atoms with Crippen LogP contribution < -0.4 is 0 Å². The lowest BCUT2D eigenvalue weighted by Crippen LogP contribution is -2.32. The predicted molar refractivity (Wildman–Crippen MR) is 54.2 cm³/mol. The molecule has 3 nitrogen and oxygen atoms in total. The Balaban J connectivity index is 2.37. The Morgan fingerprint density at radius 1 is 1.35 bits per heavy atom. The van der Waals surface area contributed by atoms with E-state index in [0.717, 1.165) is 19.3 Å². The Labute approximate surface area is 98.5 Å². The van der Waals surface area contributed by atoms with E-state index >= 15 is 0 Å². The van der Waals surface area contributed by atoms with Crippen LogP contribution in [0.25, 0.3) is 0 Å². The summed E-state index contributed by atoms with van der Waals surface area (Å²) in [5.41, 5.74) is 0. The average molecular weight is 251 g/mol. The van der Waals surface area contributed by atoms with Crippen LogP contribution in [0.4, 0.5) is 13.2 Å². The minimum Gasteiger partial charge on any atom is -0.381 e. The third-order valence-electron chi connectivity index (χ3n) is 2.96. The van der Waals surface area contributed by atoms with Gasteiger partial charge < -0.3 is 9.47 Å². The molecule has 0 heterocycles. The summed E-state index contributed by atoms with van der Waals surface area (Å²) in [6, 6.07) is 1.23. The van der Waals surface area contributed by atoms with Crippen LogP contribution in [0.5, 0.6) is 0 Å². The Hall–Kier alpha value is -0.800. The van der Waals surface area contributed by atoms with Gasteiger partial charge in [0.1, 0.15) is 0 Å². The molecule has 1 aliphatic carbocycles. The fraction of sp³-hybridized carbons (Fsp3) is 0.909. The summed E-state index contributed by atoms with van der Waals surface area (Å²) >= 11 is 0. The van der Waals surface area contributed by atoms with Gasteiger partial charge >= 0.3 is 6.18 Å². The van der Waals surface area contributed by atoms with Crippen molar-refractivity contribution in [1.82, 2.24) is 0 Å². The molecule has 3 unspecified atom stereocenters. The average Bonchev–Trinajstić information content (AvgIpc) is 2.28. The van der Waals surface area contributed by atoms with Crippen molar-refractivity contribution in [2.45, 2.75) is 44.1 Å². The van der Waals surface area contributed by atoms with Crippen molar-refractivity contribution in [3.63, 3.8) is 0 Å². The molecule has 0 bridgehead atoms. The minimum atomic E-state index is -4.51. The molecule has 1 aliphatic rings. The molecular formula is C11H16F3NO2. The van der Waals surface area contributed by atoms with E-state index in [4.69, 9.17) is 14.7 Å². The highest BCUT2D eigenvalue weighted by Crippen LogP contribution is 2.28. The van der Waals surface area contributed by atoms with Crippen LogP contribution in [0.2, 0.25) is 0 Å². The molecule has 1 fully saturated rings. The molecule has 17 heavy (non-hydrogen) atoms. The van der Waals surface area contributed by atoms with E-state index in [0.29, 0.717) is 6.42 Å². The molecule has 0 aromatic carbocycles. The van der Waals surface area contributed by atoms with Crippen LogP contribution >= 0.6 is 0 Å². The highest BCUT2D eigenvalue weighted by atomic mass is 19.4. The maximum Gasteiger partial charge on any atom is 0.406 e. The fourth-order valence-electron chi connectivity index (χ4n) is 1.90. The zero-order chi connectivity index (χ0) is 12.9. The number of halogens is 3. The first-order chi connectivity index (χ1) is 7.97. The van der Waals surface area contributed by atoms with E-state index < -0.39 is 18.7 Å². The topological polar surface area (TPSA) is 42.2 Å². The molecule has 0 N–H and O–H groups in total. The zero-order valence-electron chi connectivity index (χ0n) is 9.67. The number of alkyl halides is 3. The van der Waals surface area contributed by atoms with E-state index in [2.05, 4.69) is 0 Å². The van der Waals surface area contributed by atoms with Crippen molar-refractivity contribution in [3.05, 3.63) is 0 Å². The number of hydrogen-bond acceptors (Lipinski definition) is 3. The Bertz CT molecular complexity index is 275. The molecule has 0 aliphatic heterocycles. The summed E-state index contributed by atoms with van der Waals surface area (Å²) < 4.78 is 47.2. The van der Waals surface area contributed by atoms with Gasteiger partial charge in [0.15, 0.2) is 5.92 Å². The summed E-state index contributed by atoms with van der Waals surface area (Å²) in [6.07, 6.45) is -1.55. The monoisotopic (exact) mass is 251 g/mol. The molecule has 98 valence electrons. The number of ether oxygens (including phenoxy) is 2. The second-order valence-corrected chi connectivity index (χ2v) is 4.20. The largest absolute Gasteiger partial charge is 0.406 e. The SMILES string of the molecule is COC1CCCC(OCC(C#N)C(F)(F)F)C1. The van der Waals surface area contributed by atoms with Crippen molar-refractivity contribution in [2.75, 3.05) is 13.7 Å². The maximum absolute atomic E-state index is 12.3. The van der Waals surface area contributed by atoms with Crippen LogP contribution in [0.15, 0.2) is 0 Å². The zero-order valence-corrected chi connectivity index (χ0v) is 9.67. The lowest BCUT2D eigenvalue weighted by atomic mass is 9.95. The van der Waals surface area contributed by atoms with Gasteiger partial charge in [-0.1, -0.05) is 0 Å². The number of hydrogen-bond donors (Lipinski definition) is 0. The van der Waals surface area contributed by atoms with Crippen molar-refractivity contribution in [2.24, 2.45) is 5.92 Å². The van der Waals surface area contributed by atoms with Gasteiger partial charge in [-0.3, -0.25) is 0 Å². The summed E-state index contributed by atoms with van der Waals surface area (Å²) in [5.74, 6) is -2.04. The molecule has 0 spiro atoms. The molecule has 1 rings (SSSR count). The quantitative estimate of drug-likeness (QED) is 0.771. The van der Waals surface area contributed by atoms with Gasteiger partial charge in [-0.2, -0.15) is 18.4 Å². The predicted octanol–water partition coefficient (Wildman–Crippen LogP) is 2.66. The summed E-state index contributed by atoms with van der Waals surface area (Å²) in [7, 11) is 1.58. The van der Waals surface area contributed by atoms with Gasteiger partial charge in [0.05, 0.1) is 24.9 Å². The molecular weight excluding hydrogens is 235 g/mol.